The fraction of sp³-hybridized carbons (Fsp3) is 0.917. The Kier molecular flexibility index (Phi) is 5.09. The number of hydrogen-bond donors (Lipinski definition) is 1. The van der Waals surface area contributed by atoms with E-state index in [1.54, 1.807) is 4.90 Å². The number of aliphatic hydroxyl groups excluding tert-OH is 1. The lowest BCUT2D eigenvalue weighted by molar-refractivity contribution is -0.142. The Balaban J connectivity index is 2.27. The summed E-state index contributed by atoms with van der Waals surface area (Å²) in [5, 5.41) is 9.11. The first-order valence-electron chi connectivity index (χ1n) is 6.13. The lowest BCUT2D eigenvalue weighted by Crippen LogP contribution is -2.53. The third-order valence-electron chi connectivity index (χ3n) is 3.07. The minimum Gasteiger partial charge on any atom is -0.389 e. The number of amides is 1. The van der Waals surface area contributed by atoms with Gasteiger partial charge in [-0.1, -0.05) is 39.5 Å². The second-order valence-electron chi connectivity index (χ2n) is 4.60. The molecule has 88 valence electrons. The van der Waals surface area contributed by atoms with Crippen molar-refractivity contribution in [2.24, 2.45) is 5.92 Å². The number of nitrogens with zero attached hydrogens (tertiary/aromatic N) is 1. The van der Waals surface area contributed by atoms with Crippen molar-refractivity contribution in [3.63, 3.8) is 0 Å². The van der Waals surface area contributed by atoms with Crippen LogP contribution < -0.4 is 0 Å². The molecule has 1 rings (SSSR count). The minimum atomic E-state index is -0.273. The lowest BCUT2D eigenvalue weighted by atomic mass is 9.93. The average Bonchev–Trinajstić information content (AvgIpc) is 2.13. The highest BCUT2D eigenvalue weighted by Crippen LogP contribution is 2.20. The standard InChI is InChI=1S/C12H23NO2/c1-3-5-10(6-4-2)7-12(15)13-8-11(14)9-13/h10-11,14H,3-9H2,1-2H3. The fourth-order valence-electron chi connectivity index (χ4n) is 2.20. The Morgan fingerprint density at radius 2 is 1.87 bits per heavy atom. The minimum absolute atomic E-state index is 0.229. The highest BCUT2D eigenvalue weighted by Gasteiger charge is 2.29. The molecule has 3 heteroatoms. The van der Waals surface area contributed by atoms with Crippen LogP contribution in [0.5, 0.6) is 0 Å². The van der Waals surface area contributed by atoms with Gasteiger partial charge in [-0.3, -0.25) is 4.79 Å². The Bertz CT molecular complexity index is 194. The summed E-state index contributed by atoms with van der Waals surface area (Å²) in [6, 6.07) is 0. The largest absolute Gasteiger partial charge is 0.389 e. The van der Waals surface area contributed by atoms with E-state index in [-0.39, 0.29) is 12.0 Å². The van der Waals surface area contributed by atoms with Crippen molar-refractivity contribution in [3.05, 3.63) is 0 Å². The van der Waals surface area contributed by atoms with Crippen molar-refractivity contribution < 1.29 is 9.90 Å². The first-order valence-corrected chi connectivity index (χ1v) is 6.13. The number of rotatable bonds is 6. The summed E-state index contributed by atoms with van der Waals surface area (Å²) in [6.07, 6.45) is 5.01. The zero-order valence-corrected chi connectivity index (χ0v) is 9.91. The molecule has 0 aromatic rings. The topological polar surface area (TPSA) is 40.5 Å². The summed E-state index contributed by atoms with van der Waals surface area (Å²) < 4.78 is 0. The molecule has 1 heterocycles. The molecule has 1 N–H and O–H groups in total. The molecule has 0 spiro atoms. The molecule has 1 aliphatic heterocycles. The molecular weight excluding hydrogens is 190 g/mol. The summed E-state index contributed by atoms with van der Waals surface area (Å²) in [6.45, 7) is 5.43. The molecule has 0 aromatic heterocycles. The molecule has 0 radical (unpaired) electrons. The van der Waals surface area contributed by atoms with Crippen LogP contribution in [0, 0.1) is 5.92 Å². The number of likely N-dealkylation sites (tertiary alicyclic amines) is 1. The molecule has 1 aliphatic rings. The van der Waals surface area contributed by atoms with Crippen molar-refractivity contribution in [1.29, 1.82) is 0 Å². The van der Waals surface area contributed by atoms with Gasteiger partial charge in [0.15, 0.2) is 0 Å². The average molecular weight is 213 g/mol. The Morgan fingerprint density at radius 3 is 2.27 bits per heavy atom. The van der Waals surface area contributed by atoms with Crippen LogP contribution in [-0.4, -0.2) is 35.1 Å². The van der Waals surface area contributed by atoms with Crippen LogP contribution in [0.3, 0.4) is 0 Å². The number of β-amino-alcohol motifs (C(OH)–C–C–N with tert-alkyl or cyclic N) is 1. The van der Waals surface area contributed by atoms with Crippen LogP contribution in [0.2, 0.25) is 0 Å². The Hall–Kier alpha value is -0.570. The van der Waals surface area contributed by atoms with Crippen LogP contribution in [0.4, 0.5) is 0 Å². The number of carbonyl (C=O) groups excluding carboxylic acids is 1. The SMILES string of the molecule is CCCC(CCC)CC(=O)N1CC(O)C1. The van der Waals surface area contributed by atoms with E-state index in [0.717, 1.165) is 25.7 Å². The van der Waals surface area contributed by atoms with Crippen molar-refractivity contribution in [3.8, 4) is 0 Å². The van der Waals surface area contributed by atoms with E-state index in [2.05, 4.69) is 13.8 Å². The van der Waals surface area contributed by atoms with Gasteiger partial charge in [-0.25, -0.2) is 0 Å². The van der Waals surface area contributed by atoms with E-state index in [1.807, 2.05) is 0 Å². The summed E-state index contributed by atoms with van der Waals surface area (Å²) >= 11 is 0. The van der Waals surface area contributed by atoms with Gasteiger partial charge in [0.1, 0.15) is 0 Å². The van der Waals surface area contributed by atoms with Gasteiger partial charge in [-0.2, -0.15) is 0 Å². The summed E-state index contributed by atoms with van der Waals surface area (Å²) in [4.78, 5) is 13.5. The van der Waals surface area contributed by atoms with Crippen LogP contribution in [0.1, 0.15) is 46.0 Å². The molecule has 0 saturated carbocycles. The van der Waals surface area contributed by atoms with Crippen LogP contribution in [0.15, 0.2) is 0 Å². The lowest BCUT2D eigenvalue weighted by Gasteiger charge is -2.36. The molecule has 3 nitrogen and oxygen atoms in total. The second-order valence-corrected chi connectivity index (χ2v) is 4.60. The first-order chi connectivity index (χ1) is 7.17. The molecule has 1 fully saturated rings. The second kappa shape index (κ2) is 6.11. The molecule has 0 aromatic carbocycles. The third-order valence-corrected chi connectivity index (χ3v) is 3.07. The predicted octanol–water partition coefficient (Wildman–Crippen LogP) is 1.80. The molecule has 0 unspecified atom stereocenters. The van der Waals surface area contributed by atoms with Crippen LogP contribution in [0.25, 0.3) is 0 Å². The summed E-state index contributed by atoms with van der Waals surface area (Å²) in [5.41, 5.74) is 0. The number of carbonyl (C=O) groups is 1. The molecule has 1 saturated heterocycles. The van der Waals surface area contributed by atoms with Crippen molar-refractivity contribution in [1.82, 2.24) is 4.90 Å². The first kappa shape index (κ1) is 12.5. The van der Waals surface area contributed by atoms with Gasteiger partial charge in [0, 0.05) is 19.5 Å². The van der Waals surface area contributed by atoms with Crippen LogP contribution in [-0.2, 0) is 4.79 Å². The van der Waals surface area contributed by atoms with E-state index in [4.69, 9.17) is 5.11 Å². The Morgan fingerprint density at radius 1 is 1.33 bits per heavy atom. The van der Waals surface area contributed by atoms with Gasteiger partial charge >= 0.3 is 0 Å². The summed E-state index contributed by atoms with van der Waals surface area (Å²) in [5.74, 6) is 0.775. The molecular formula is C12H23NO2. The van der Waals surface area contributed by atoms with E-state index in [9.17, 15) is 4.79 Å². The third kappa shape index (κ3) is 3.82. The maximum absolute atomic E-state index is 11.7. The van der Waals surface area contributed by atoms with Crippen LogP contribution >= 0.6 is 0 Å². The van der Waals surface area contributed by atoms with E-state index in [0.29, 0.717) is 25.4 Å². The van der Waals surface area contributed by atoms with Crippen molar-refractivity contribution in [2.75, 3.05) is 13.1 Å². The zero-order valence-electron chi connectivity index (χ0n) is 9.91. The number of aliphatic hydroxyl groups is 1. The normalized spacial score (nSPS) is 16.9. The van der Waals surface area contributed by atoms with Gasteiger partial charge in [-0.15, -0.1) is 0 Å². The highest BCUT2D eigenvalue weighted by atomic mass is 16.3. The molecule has 0 aliphatic carbocycles. The maximum Gasteiger partial charge on any atom is 0.223 e. The van der Waals surface area contributed by atoms with Gasteiger partial charge < -0.3 is 10.0 Å². The molecule has 0 atom stereocenters. The highest BCUT2D eigenvalue weighted by molar-refractivity contribution is 5.77. The van der Waals surface area contributed by atoms with Gasteiger partial charge in [0.2, 0.25) is 5.91 Å². The van der Waals surface area contributed by atoms with Gasteiger partial charge in [0.25, 0.3) is 0 Å². The van der Waals surface area contributed by atoms with Crippen molar-refractivity contribution >= 4 is 5.91 Å². The van der Waals surface area contributed by atoms with E-state index in [1.165, 1.54) is 0 Å². The van der Waals surface area contributed by atoms with Crippen molar-refractivity contribution in [2.45, 2.75) is 52.1 Å². The maximum atomic E-state index is 11.7. The molecule has 15 heavy (non-hydrogen) atoms. The molecule has 1 amide bonds. The van der Waals surface area contributed by atoms with E-state index < -0.39 is 0 Å². The zero-order chi connectivity index (χ0) is 11.3. The predicted molar refractivity (Wildman–Crippen MR) is 60.5 cm³/mol. The quantitative estimate of drug-likeness (QED) is 0.731. The smallest absolute Gasteiger partial charge is 0.223 e. The van der Waals surface area contributed by atoms with Gasteiger partial charge in [-0.05, 0) is 5.92 Å². The fourth-order valence-corrected chi connectivity index (χ4v) is 2.20. The Labute approximate surface area is 92.5 Å². The molecule has 0 bridgehead atoms. The monoisotopic (exact) mass is 213 g/mol. The van der Waals surface area contributed by atoms with E-state index >= 15 is 0 Å². The number of hydrogen-bond acceptors (Lipinski definition) is 2. The summed E-state index contributed by atoms with van der Waals surface area (Å²) in [7, 11) is 0. The van der Waals surface area contributed by atoms with Gasteiger partial charge in [0.05, 0.1) is 6.10 Å².